The summed E-state index contributed by atoms with van der Waals surface area (Å²) in [4.78, 5) is 36.3. The molecule has 1 heterocycles. The van der Waals surface area contributed by atoms with Gasteiger partial charge in [-0.3, -0.25) is 19.8 Å². The second kappa shape index (κ2) is 7.51. The van der Waals surface area contributed by atoms with Crippen LogP contribution in [-0.4, -0.2) is 48.1 Å². The maximum absolute atomic E-state index is 12.0. The zero-order chi connectivity index (χ0) is 18.6. The number of benzene rings is 1. The van der Waals surface area contributed by atoms with Gasteiger partial charge in [-0.1, -0.05) is 24.3 Å². The predicted octanol–water partition coefficient (Wildman–Crippen LogP) is 0.287. The molecule has 0 bridgehead atoms. The Morgan fingerprint density at radius 2 is 1.84 bits per heavy atom. The molecule has 1 aromatic rings. The van der Waals surface area contributed by atoms with Gasteiger partial charge in [0.05, 0.1) is 12.6 Å². The van der Waals surface area contributed by atoms with Crippen LogP contribution in [0.25, 0.3) is 0 Å². The first-order valence-corrected chi connectivity index (χ1v) is 7.40. The molecular weight excluding hydrogens is 341 g/mol. The molecule has 0 radical (unpaired) electrons. The van der Waals surface area contributed by atoms with E-state index in [2.05, 4.69) is 0 Å². The zero-order valence-electron chi connectivity index (χ0n) is 13.1. The summed E-state index contributed by atoms with van der Waals surface area (Å²) < 4.78 is 36.1. The first kappa shape index (κ1) is 18.7. The van der Waals surface area contributed by atoms with Crippen LogP contribution in [0.4, 0.5) is 18.0 Å². The Morgan fingerprint density at radius 1 is 1.20 bits per heavy atom. The fourth-order valence-corrected chi connectivity index (χ4v) is 2.60. The maximum Gasteiger partial charge on any atom is 0.405 e. The van der Waals surface area contributed by atoms with Crippen molar-refractivity contribution in [3.8, 4) is 0 Å². The fraction of sp³-hybridized carbons (Fsp3) is 0.400. The number of nitrogens with two attached hydrogens (primary N) is 1. The summed E-state index contributed by atoms with van der Waals surface area (Å²) in [5.41, 5.74) is 7.22. The van der Waals surface area contributed by atoms with Gasteiger partial charge in [0.25, 0.3) is 0 Å². The number of amides is 4. The van der Waals surface area contributed by atoms with E-state index in [1.54, 1.807) is 5.32 Å². The van der Waals surface area contributed by atoms with Gasteiger partial charge in [0, 0.05) is 6.54 Å². The number of carbonyl (C=O) groups excluding carboxylic acids is 3. The number of imide groups is 1. The Bertz CT molecular complexity index is 678. The summed E-state index contributed by atoms with van der Waals surface area (Å²) in [6.07, 6.45) is -4.26. The highest BCUT2D eigenvalue weighted by Gasteiger charge is 2.32. The number of carbonyl (C=O) groups is 3. The SMILES string of the molecule is NC(=O)[C@@H]1Cc2ccccc2CN1CC(=O)NC(=O)NCC(F)(F)F. The van der Waals surface area contributed by atoms with Crippen LogP contribution in [0.5, 0.6) is 0 Å². The second-order valence-corrected chi connectivity index (χ2v) is 5.64. The molecule has 10 heteroatoms. The first-order valence-electron chi connectivity index (χ1n) is 7.40. The lowest BCUT2D eigenvalue weighted by atomic mass is 9.93. The molecule has 2 rings (SSSR count). The van der Waals surface area contributed by atoms with Crippen molar-refractivity contribution in [2.75, 3.05) is 13.1 Å². The van der Waals surface area contributed by atoms with E-state index in [1.807, 2.05) is 24.3 Å². The Balaban J connectivity index is 1.96. The number of halogens is 3. The molecule has 25 heavy (non-hydrogen) atoms. The molecule has 7 nitrogen and oxygen atoms in total. The predicted molar refractivity (Wildman–Crippen MR) is 81.1 cm³/mol. The highest BCUT2D eigenvalue weighted by Crippen LogP contribution is 2.22. The van der Waals surface area contributed by atoms with Crippen LogP contribution in [0.15, 0.2) is 24.3 Å². The van der Waals surface area contributed by atoms with Gasteiger partial charge in [-0.05, 0) is 17.5 Å². The van der Waals surface area contributed by atoms with E-state index in [-0.39, 0.29) is 13.1 Å². The minimum Gasteiger partial charge on any atom is -0.368 e. The number of hydrogen-bond acceptors (Lipinski definition) is 4. The standard InChI is InChI=1S/C15H17F3N4O3/c16-15(17,18)8-20-14(25)21-12(23)7-22-6-10-4-2-1-3-9(10)5-11(22)13(19)24/h1-4,11H,5-8H2,(H2,19,24)(H2,20,21,23,25)/t11-/m0/s1. The van der Waals surface area contributed by atoms with E-state index in [9.17, 15) is 27.6 Å². The number of nitrogens with zero attached hydrogens (tertiary/aromatic N) is 1. The Hall–Kier alpha value is -2.62. The topological polar surface area (TPSA) is 105 Å². The Kier molecular flexibility index (Phi) is 5.62. The number of nitrogens with one attached hydrogen (secondary N) is 2. The third-order valence-corrected chi connectivity index (χ3v) is 3.72. The number of rotatable bonds is 4. The highest BCUT2D eigenvalue weighted by molar-refractivity contribution is 5.95. The molecule has 4 amide bonds. The average Bonchev–Trinajstić information content (AvgIpc) is 2.51. The molecule has 0 fully saturated rings. The van der Waals surface area contributed by atoms with E-state index in [4.69, 9.17) is 5.73 Å². The largest absolute Gasteiger partial charge is 0.405 e. The summed E-state index contributed by atoms with van der Waals surface area (Å²) in [5.74, 6) is -1.45. The van der Waals surface area contributed by atoms with Gasteiger partial charge in [-0.2, -0.15) is 13.2 Å². The van der Waals surface area contributed by atoms with Crippen molar-refractivity contribution in [1.29, 1.82) is 0 Å². The molecule has 0 spiro atoms. The van der Waals surface area contributed by atoms with Crippen molar-refractivity contribution < 1.29 is 27.6 Å². The third-order valence-electron chi connectivity index (χ3n) is 3.72. The van der Waals surface area contributed by atoms with Crippen LogP contribution in [0.1, 0.15) is 11.1 Å². The van der Waals surface area contributed by atoms with Gasteiger partial charge in [-0.25, -0.2) is 4.79 Å². The minimum absolute atomic E-state index is 0.265. The van der Waals surface area contributed by atoms with Crippen molar-refractivity contribution in [3.05, 3.63) is 35.4 Å². The van der Waals surface area contributed by atoms with Gasteiger partial charge in [-0.15, -0.1) is 0 Å². The normalized spacial score (nSPS) is 17.5. The lowest BCUT2D eigenvalue weighted by Crippen LogP contribution is -2.53. The van der Waals surface area contributed by atoms with Gasteiger partial charge < -0.3 is 11.1 Å². The van der Waals surface area contributed by atoms with Crippen molar-refractivity contribution in [2.24, 2.45) is 5.73 Å². The third kappa shape index (κ3) is 5.45. The van der Waals surface area contributed by atoms with Gasteiger partial charge >= 0.3 is 12.2 Å². The van der Waals surface area contributed by atoms with E-state index in [0.717, 1.165) is 11.1 Å². The van der Waals surface area contributed by atoms with Crippen molar-refractivity contribution in [3.63, 3.8) is 0 Å². The summed E-state index contributed by atoms with van der Waals surface area (Å²) in [6.45, 7) is -1.63. The number of urea groups is 1. The van der Waals surface area contributed by atoms with E-state index in [1.165, 1.54) is 10.2 Å². The zero-order valence-corrected chi connectivity index (χ0v) is 13.1. The number of fused-ring (bicyclic) bond motifs is 1. The molecule has 0 saturated carbocycles. The molecule has 0 aromatic heterocycles. The Labute approximate surface area is 141 Å². The Morgan fingerprint density at radius 3 is 2.44 bits per heavy atom. The quantitative estimate of drug-likeness (QED) is 0.719. The summed E-state index contributed by atoms with van der Waals surface area (Å²) >= 11 is 0. The number of hydrogen-bond donors (Lipinski definition) is 3. The van der Waals surface area contributed by atoms with Crippen molar-refractivity contribution >= 4 is 17.8 Å². The lowest BCUT2D eigenvalue weighted by molar-refractivity contribution is -0.128. The molecular formula is C15H17F3N4O3. The average molecular weight is 358 g/mol. The van der Waals surface area contributed by atoms with Gasteiger partial charge in [0.1, 0.15) is 6.54 Å². The van der Waals surface area contributed by atoms with Crippen LogP contribution in [0.3, 0.4) is 0 Å². The highest BCUT2D eigenvalue weighted by atomic mass is 19.4. The number of alkyl halides is 3. The van der Waals surface area contributed by atoms with Crippen LogP contribution in [0.2, 0.25) is 0 Å². The molecule has 0 saturated heterocycles. The van der Waals surface area contributed by atoms with Crippen LogP contribution in [-0.2, 0) is 22.6 Å². The smallest absolute Gasteiger partial charge is 0.368 e. The molecule has 0 unspecified atom stereocenters. The van der Waals surface area contributed by atoms with Crippen molar-refractivity contribution in [2.45, 2.75) is 25.2 Å². The molecule has 4 N–H and O–H groups in total. The van der Waals surface area contributed by atoms with Crippen molar-refractivity contribution in [1.82, 2.24) is 15.5 Å². The van der Waals surface area contributed by atoms with E-state index >= 15 is 0 Å². The molecule has 136 valence electrons. The van der Waals surface area contributed by atoms with E-state index < -0.39 is 36.6 Å². The number of primary amides is 1. The fourth-order valence-electron chi connectivity index (χ4n) is 2.60. The minimum atomic E-state index is -4.58. The molecule has 1 aliphatic rings. The second-order valence-electron chi connectivity index (χ2n) is 5.64. The summed E-state index contributed by atoms with van der Waals surface area (Å²) in [7, 11) is 0. The van der Waals surface area contributed by atoms with Crippen LogP contribution in [0, 0.1) is 0 Å². The maximum atomic E-state index is 12.0. The summed E-state index contributed by atoms with van der Waals surface area (Å²) in [6, 6.07) is 5.34. The molecule has 1 atom stereocenters. The van der Waals surface area contributed by atoms with E-state index in [0.29, 0.717) is 6.42 Å². The van der Waals surface area contributed by atoms with Crippen LogP contribution >= 0.6 is 0 Å². The monoisotopic (exact) mass is 358 g/mol. The molecule has 0 aliphatic carbocycles. The van der Waals surface area contributed by atoms with Gasteiger partial charge in [0.2, 0.25) is 11.8 Å². The van der Waals surface area contributed by atoms with Gasteiger partial charge in [0.15, 0.2) is 0 Å². The first-order chi connectivity index (χ1) is 11.7. The van der Waals surface area contributed by atoms with Crippen LogP contribution < -0.4 is 16.4 Å². The molecule has 1 aliphatic heterocycles. The molecule has 1 aromatic carbocycles. The summed E-state index contributed by atoms with van der Waals surface area (Å²) in [5, 5.41) is 3.33. The lowest BCUT2D eigenvalue weighted by Gasteiger charge is -2.34.